The van der Waals surface area contributed by atoms with Crippen molar-refractivity contribution in [2.75, 3.05) is 0 Å². The third-order valence-electron chi connectivity index (χ3n) is 6.21. The fourth-order valence-electron chi connectivity index (χ4n) is 4.41. The molecule has 37 heavy (non-hydrogen) atoms. The van der Waals surface area contributed by atoms with Gasteiger partial charge in [0.2, 0.25) is 0 Å². The molecule has 4 heteroatoms. The van der Waals surface area contributed by atoms with E-state index in [1.54, 1.807) is 0 Å². The normalized spacial score (nSPS) is 10.8. The van der Waals surface area contributed by atoms with Gasteiger partial charge in [0.05, 0.1) is 17.1 Å². The van der Waals surface area contributed by atoms with Gasteiger partial charge >= 0.3 is 0 Å². The van der Waals surface area contributed by atoms with Crippen molar-refractivity contribution < 1.29 is 0 Å². The highest BCUT2D eigenvalue weighted by Crippen LogP contribution is 2.35. The number of nitrogens with zero attached hydrogens (tertiary/aromatic N) is 3. The lowest BCUT2D eigenvalue weighted by atomic mass is 9.96. The average Bonchev–Trinajstić information content (AvgIpc) is 2.98. The summed E-state index contributed by atoms with van der Waals surface area (Å²) in [6.45, 7) is 0. The van der Waals surface area contributed by atoms with Crippen LogP contribution in [0.2, 0.25) is 5.15 Å². The van der Waals surface area contributed by atoms with E-state index >= 15 is 0 Å². The van der Waals surface area contributed by atoms with Crippen molar-refractivity contribution in [2.45, 2.75) is 0 Å². The maximum Gasteiger partial charge on any atom is 0.161 e. The Morgan fingerprint density at radius 2 is 1.00 bits per heavy atom. The maximum atomic E-state index is 6.43. The predicted molar refractivity (Wildman–Crippen MR) is 152 cm³/mol. The molecule has 6 rings (SSSR count). The van der Waals surface area contributed by atoms with Crippen LogP contribution < -0.4 is 0 Å². The number of halogens is 1. The Balaban J connectivity index is 1.47. The first kappa shape index (κ1) is 22.8. The van der Waals surface area contributed by atoms with Crippen molar-refractivity contribution in [1.82, 2.24) is 15.0 Å². The SMILES string of the molecule is Clc1cc(-c2cccc(-c3ccc(-c4ccccc4)nc3-c3ccccc3)c2)nc(-c2ccccc2)n1. The standard InChI is InChI=1S/C33H22ClN3/c34-31-22-30(36-33(37-31)25-15-8-3-9-16-25)27-18-10-17-26(21-27)28-19-20-29(23-11-4-1-5-12-23)35-32(28)24-13-6-2-7-14-24/h1-22H. The number of hydrogen-bond acceptors (Lipinski definition) is 3. The highest BCUT2D eigenvalue weighted by Gasteiger charge is 2.14. The van der Waals surface area contributed by atoms with Crippen LogP contribution in [0.25, 0.3) is 56.3 Å². The molecule has 0 N–H and O–H groups in total. The number of benzene rings is 4. The van der Waals surface area contributed by atoms with Crippen molar-refractivity contribution in [1.29, 1.82) is 0 Å². The molecule has 0 aliphatic rings. The zero-order valence-electron chi connectivity index (χ0n) is 19.9. The van der Waals surface area contributed by atoms with Crippen LogP contribution in [0.4, 0.5) is 0 Å². The second kappa shape index (κ2) is 10.2. The Morgan fingerprint density at radius 1 is 0.405 bits per heavy atom. The van der Waals surface area contributed by atoms with E-state index in [2.05, 4.69) is 53.5 Å². The molecule has 4 aromatic carbocycles. The van der Waals surface area contributed by atoms with Gasteiger partial charge in [-0.2, -0.15) is 0 Å². The van der Waals surface area contributed by atoms with Gasteiger partial charge in [-0.25, -0.2) is 15.0 Å². The zero-order valence-corrected chi connectivity index (χ0v) is 20.7. The van der Waals surface area contributed by atoms with E-state index < -0.39 is 0 Å². The first-order valence-corrected chi connectivity index (χ1v) is 12.5. The topological polar surface area (TPSA) is 38.7 Å². The van der Waals surface area contributed by atoms with Gasteiger partial charge in [-0.3, -0.25) is 0 Å². The quantitative estimate of drug-likeness (QED) is 0.224. The van der Waals surface area contributed by atoms with E-state index in [-0.39, 0.29) is 0 Å². The Hall–Kier alpha value is -4.60. The lowest BCUT2D eigenvalue weighted by Gasteiger charge is -2.13. The largest absolute Gasteiger partial charge is 0.247 e. The van der Waals surface area contributed by atoms with Gasteiger partial charge in [0.15, 0.2) is 5.82 Å². The molecule has 176 valence electrons. The second-order valence-corrected chi connectivity index (χ2v) is 9.06. The van der Waals surface area contributed by atoms with Crippen molar-refractivity contribution in [3.63, 3.8) is 0 Å². The van der Waals surface area contributed by atoms with Crippen molar-refractivity contribution in [3.05, 3.63) is 139 Å². The highest BCUT2D eigenvalue weighted by atomic mass is 35.5. The van der Waals surface area contributed by atoms with Crippen LogP contribution in [-0.4, -0.2) is 15.0 Å². The van der Waals surface area contributed by atoms with Crippen LogP contribution in [0.3, 0.4) is 0 Å². The van der Waals surface area contributed by atoms with E-state index in [0.29, 0.717) is 11.0 Å². The van der Waals surface area contributed by atoms with Crippen LogP contribution >= 0.6 is 11.6 Å². The summed E-state index contributed by atoms with van der Waals surface area (Å²) < 4.78 is 0. The third-order valence-corrected chi connectivity index (χ3v) is 6.40. The summed E-state index contributed by atoms with van der Waals surface area (Å²) in [6, 6.07) is 44.8. The Morgan fingerprint density at radius 3 is 1.70 bits per heavy atom. The Labute approximate surface area is 221 Å². The van der Waals surface area contributed by atoms with Gasteiger partial charge in [0.1, 0.15) is 5.15 Å². The van der Waals surface area contributed by atoms with Crippen molar-refractivity contribution in [3.8, 4) is 56.3 Å². The molecule has 2 heterocycles. The molecule has 0 spiro atoms. The summed E-state index contributed by atoms with van der Waals surface area (Å²) in [5.74, 6) is 0.604. The van der Waals surface area contributed by atoms with E-state index in [0.717, 1.165) is 50.5 Å². The molecule has 0 saturated carbocycles. The lowest BCUT2D eigenvalue weighted by Crippen LogP contribution is -1.95. The summed E-state index contributed by atoms with van der Waals surface area (Å²) in [4.78, 5) is 14.4. The second-order valence-electron chi connectivity index (χ2n) is 8.67. The highest BCUT2D eigenvalue weighted by molar-refractivity contribution is 6.29. The van der Waals surface area contributed by atoms with Gasteiger partial charge < -0.3 is 0 Å². The molecule has 0 fully saturated rings. The number of aromatic nitrogens is 3. The molecule has 0 radical (unpaired) electrons. The van der Waals surface area contributed by atoms with Crippen molar-refractivity contribution >= 4 is 11.6 Å². The Bertz CT molecular complexity index is 1670. The maximum absolute atomic E-state index is 6.43. The molecule has 2 aromatic heterocycles. The fraction of sp³-hybridized carbons (Fsp3) is 0. The van der Waals surface area contributed by atoms with Gasteiger partial charge in [-0.1, -0.05) is 127 Å². The molecular formula is C33H22ClN3. The summed E-state index contributed by atoms with van der Waals surface area (Å²) in [7, 11) is 0. The minimum atomic E-state index is 0.410. The fourth-order valence-corrected chi connectivity index (χ4v) is 4.59. The predicted octanol–water partition coefficient (Wildman–Crippen LogP) is 8.86. The lowest BCUT2D eigenvalue weighted by molar-refractivity contribution is 1.18. The van der Waals surface area contributed by atoms with Crippen LogP contribution in [0.1, 0.15) is 0 Å². The number of hydrogen-bond donors (Lipinski definition) is 0. The minimum absolute atomic E-state index is 0.410. The summed E-state index contributed by atoms with van der Waals surface area (Å²) in [5, 5.41) is 0.410. The average molecular weight is 496 g/mol. The first-order chi connectivity index (χ1) is 18.2. The molecule has 0 unspecified atom stereocenters. The summed E-state index contributed by atoms with van der Waals surface area (Å²) in [6.07, 6.45) is 0. The molecule has 0 aliphatic heterocycles. The van der Waals surface area contributed by atoms with Crippen molar-refractivity contribution in [2.24, 2.45) is 0 Å². The van der Waals surface area contributed by atoms with Gasteiger partial charge in [-0.15, -0.1) is 0 Å². The van der Waals surface area contributed by atoms with E-state index in [1.165, 1.54) is 0 Å². The molecule has 0 aliphatic carbocycles. The van der Waals surface area contributed by atoms with Crippen LogP contribution in [0.15, 0.2) is 133 Å². The van der Waals surface area contributed by atoms with Gasteiger partial charge in [0.25, 0.3) is 0 Å². The summed E-state index contributed by atoms with van der Waals surface area (Å²) in [5.41, 5.74) is 8.80. The molecule has 0 amide bonds. The van der Waals surface area contributed by atoms with E-state index in [1.807, 2.05) is 84.9 Å². The third kappa shape index (κ3) is 4.90. The number of rotatable bonds is 5. The van der Waals surface area contributed by atoms with Crippen LogP contribution in [0.5, 0.6) is 0 Å². The summed E-state index contributed by atoms with van der Waals surface area (Å²) >= 11 is 6.43. The smallest absolute Gasteiger partial charge is 0.161 e. The molecule has 0 bridgehead atoms. The van der Waals surface area contributed by atoms with E-state index in [9.17, 15) is 0 Å². The Kier molecular flexibility index (Phi) is 6.28. The first-order valence-electron chi connectivity index (χ1n) is 12.1. The molecule has 0 atom stereocenters. The van der Waals surface area contributed by atoms with Gasteiger partial charge in [-0.05, 0) is 17.7 Å². The van der Waals surface area contributed by atoms with Gasteiger partial charge in [0, 0.05) is 33.9 Å². The number of pyridine rings is 1. The molecular weight excluding hydrogens is 474 g/mol. The van der Waals surface area contributed by atoms with Crippen LogP contribution in [0, 0.1) is 0 Å². The van der Waals surface area contributed by atoms with Crippen LogP contribution in [-0.2, 0) is 0 Å². The molecule has 6 aromatic rings. The molecule has 0 saturated heterocycles. The van der Waals surface area contributed by atoms with E-state index in [4.69, 9.17) is 21.6 Å². The molecule has 3 nitrogen and oxygen atoms in total. The minimum Gasteiger partial charge on any atom is -0.247 e. The monoisotopic (exact) mass is 495 g/mol. The zero-order chi connectivity index (χ0) is 25.0.